The van der Waals surface area contributed by atoms with E-state index in [0.717, 1.165) is 16.8 Å². The van der Waals surface area contributed by atoms with E-state index in [1.54, 1.807) is 24.4 Å². The third-order valence-corrected chi connectivity index (χ3v) is 4.00. The van der Waals surface area contributed by atoms with Crippen LogP contribution in [0.25, 0.3) is 11.3 Å². The molecule has 0 amide bonds. The van der Waals surface area contributed by atoms with Gasteiger partial charge < -0.3 is 0 Å². The molecular formula is C16H11ClFN3S. The molecular weight excluding hydrogens is 321 g/mol. The Hall–Kier alpha value is -2.24. The van der Waals surface area contributed by atoms with Crippen molar-refractivity contribution in [2.24, 2.45) is 5.10 Å². The first-order valence-corrected chi connectivity index (χ1v) is 7.73. The zero-order valence-electron chi connectivity index (χ0n) is 11.3. The zero-order chi connectivity index (χ0) is 15.4. The molecule has 0 saturated heterocycles. The summed E-state index contributed by atoms with van der Waals surface area (Å²) in [6, 6.07) is 13.7. The smallest absolute Gasteiger partial charge is 0.203 e. The highest BCUT2D eigenvalue weighted by Crippen LogP contribution is 2.25. The molecule has 1 aromatic heterocycles. The van der Waals surface area contributed by atoms with Gasteiger partial charge in [-0.25, -0.2) is 9.37 Å². The molecule has 110 valence electrons. The molecule has 0 atom stereocenters. The van der Waals surface area contributed by atoms with Crippen LogP contribution in [-0.2, 0) is 0 Å². The minimum absolute atomic E-state index is 0.262. The number of hydrogen-bond acceptors (Lipinski definition) is 4. The number of aromatic nitrogens is 1. The van der Waals surface area contributed by atoms with Crippen LogP contribution in [0.4, 0.5) is 9.52 Å². The van der Waals surface area contributed by atoms with Crippen LogP contribution in [-0.4, -0.2) is 11.2 Å². The predicted octanol–water partition coefficient (Wildman–Crippen LogP) is 5.05. The molecule has 0 bridgehead atoms. The van der Waals surface area contributed by atoms with Crippen molar-refractivity contribution in [1.82, 2.24) is 4.98 Å². The topological polar surface area (TPSA) is 37.3 Å². The van der Waals surface area contributed by atoms with E-state index in [1.165, 1.54) is 23.5 Å². The molecule has 0 fully saturated rings. The molecule has 0 aliphatic rings. The molecule has 1 N–H and O–H groups in total. The Kier molecular flexibility index (Phi) is 4.46. The molecule has 0 spiro atoms. The Labute approximate surface area is 136 Å². The number of hydrazone groups is 1. The maximum Gasteiger partial charge on any atom is 0.203 e. The summed E-state index contributed by atoms with van der Waals surface area (Å²) < 4.78 is 12.9. The van der Waals surface area contributed by atoms with Gasteiger partial charge in [0.2, 0.25) is 5.13 Å². The lowest BCUT2D eigenvalue weighted by Crippen LogP contribution is -1.90. The summed E-state index contributed by atoms with van der Waals surface area (Å²) in [7, 11) is 0. The predicted molar refractivity (Wildman–Crippen MR) is 90.2 cm³/mol. The fourth-order valence-electron chi connectivity index (χ4n) is 1.82. The van der Waals surface area contributed by atoms with Crippen molar-refractivity contribution < 1.29 is 4.39 Å². The third-order valence-electron chi connectivity index (χ3n) is 2.91. The van der Waals surface area contributed by atoms with Crippen LogP contribution in [0.2, 0.25) is 5.02 Å². The van der Waals surface area contributed by atoms with E-state index in [4.69, 9.17) is 11.6 Å². The summed E-state index contributed by atoms with van der Waals surface area (Å²) in [5.41, 5.74) is 5.33. The minimum atomic E-state index is -0.262. The Morgan fingerprint density at radius 2 is 1.91 bits per heavy atom. The van der Waals surface area contributed by atoms with Gasteiger partial charge in [-0.2, -0.15) is 5.10 Å². The van der Waals surface area contributed by atoms with E-state index in [-0.39, 0.29) is 5.82 Å². The van der Waals surface area contributed by atoms with Crippen LogP contribution in [0, 0.1) is 5.82 Å². The maximum atomic E-state index is 12.9. The van der Waals surface area contributed by atoms with Gasteiger partial charge in [-0.15, -0.1) is 11.3 Å². The first kappa shape index (κ1) is 14.7. The van der Waals surface area contributed by atoms with Gasteiger partial charge in [0.25, 0.3) is 0 Å². The van der Waals surface area contributed by atoms with Crippen molar-refractivity contribution in [2.75, 3.05) is 5.43 Å². The number of anilines is 1. The third kappa shape index (κ3) is 3.50. The Bertz CT molecular complexity index is 799. The average molecular weight is 332 g/mol. The lowest BCUT2D eigenvalue weighted by Gasteiger charge is -1.97. The Morgan fingerprint density at radius 1 is 1.14 bits per heavy atom. The number of hydrogen-bond donors (Lipinski definition) is 1. The van der Waals surface area contributed by atoms with Gasteiger partial charge in [0.15, 0.2) is 0 Å². The van der Waals surface area contributed by atoms with E-state index >= 15 is 0 Å². The normalized spacial score (nSPS) is 11.0. The second-order valence-electron chi connectivity index (χ2n) is 4.44. The quantitative estimate of drug-likeness (QED) is 0.536. The highest BCUT2D eigenvalue weighted by atomic mass is 35.5. The molecule has 0 aliphatic carbocycles. The van der Waals surface area contributed by atoms with Gasteiger partial charge >= 0.3 is 0 Å². The molecule has 0 aliphatic heterocycles. The number of nitrogens with one attached hydrogen (secondary N) is 1. The van der Waals surface area contributed by atoms with Gasteiger partial charge in [-0.1, -0.05) is 29.8 Å². The standard InChI is InChI=1S/C16H11ClFN3S/c17-14-4-2-1-3-12(14)9-19-21-16-20-15(10-22-16)11-5-7-13(18)8-6-11/h1-10H,(H,20,21). The first-order chi connectivity index (χ1) is 10.7. The van der Waals surface area contributed by atoms with Crippen molar-refractivity contribution in [1.29, 1.82) is 0 Å². The lowest BCUT2D eigenvalue weighted by molar-refractivity contribution is 0.628. The van der Waals surface area contributed by atoms with Gasteiger partial charge in [0, 0.05) is 21.5 Å². The highest BCUT2D eigenvalue weighted by molar-refractivity contribution is 7.14. The average Bonchev–Trinajstić information content (AvgIpc) is 2.99. The molecule has 0 saturated carbocycles. The second-order valence-corrected chi connectivity index (χ2v) is 5.70. The van der Waals surface area contributed by atoms with Crippen molar-refractivity contribution in [3.8, 4) is 11.3 Å². The van der Waals surface area contributed by atoms with E-state index in [0.29, 0.717) is 10.2 Å². The summed E-state index contributed by atoms with van der Waals surface area (Å²) in [6.45, 7) is 0. The fourth-order valence-corrected chi connectivity index (χ4v) is 2.67. The SMILES string of the molecule is Fc1ccc(-c2csc(NN=Cc3ccccc3Cl)n2)cc1. The van der Waals surface area contributed by atoms with E-state index in [2.05, 4.69) is 15.5 Å². The van der Waals surface area contributed by atoms with Crippen LogP contribution in [0.3, 0.4) is 0 Å². The van der Waals surface area contributed by atoms with Crippen LogP contribution in [0.1, 0.15) is 5.56 Å². The van der Waals surface area contributed by atoms with Crippen molar-refractivity contribution in [3.63, 3.8) is 0 Å². The van der Waals surface area contributed by atoms with E-state index < -0.39 is 0 Å². The number of halogens is 2. The molecule has 3 nitrogen and oxygen atoms in total. The largest absolute Gasteiger partial charge is 0.253 e. The lowest BCUT2D eigenvalue weighted by atomic mass is 10.2. The molecule has 1 heterocycles. The molecule has 3 aromatic rings. The first-order valence-electron chi connectivity index (χ1n) is 6.47. The summed E-state index contributed by atoms with van der Waals surface area (Å²) in [4.78, 5) is 4.40. The van der Waals surface area contributed by atoms with Crippen LogP contribution in [0.15, 0.2) is 59.0 Å². The maximum absolute atomic E-state index is 12.9. The van der Waals surface area contributed by atoms with E-state index in [1.807, 2.05) is 23.6 Å². The van der Waals surface area contributed by atoms with Gasteiger partial charge in [0.05, 0.1) is 11.9 Å². The summed E-state index contributed by atoms with van der Waals surface area (Å²) in [6.07, 6.45) is 1.64. The number of benzene rings is 2. The van der Waals surface area contributed by atoms with Crippen molar-refractivity contribution in [2.45, 2.75) is 0 Å². The summed E-state index contributed by atoms with van der Waals surface area (Å²) in [5, 5.41) is 7.31. The number of rotatable bonds is 4. The minimum Gasteiger partial charge on any atom is -0.253 e. The monoisotopic (exact) mass is 331 g/mol. The van der Waals surface area contributed by atoms with Gasteiger partial charge in [-0.05, 0) is 30.3 Å². The van der Waals surface area contributed by atoms with Crippen LogP contribution >= 0.6 is 22.9 Å². The van der Waals surface area contributed by atoms with Gasteiger partial charge in [0.1, 0.15) is 5.82 Å². The highest BCUT2D eigenvalue weighted by Gasteiger charge is 2.04. The van der Waals surface area contributed by atoms with Gasteiger partial charge in [-0.3, -0.25) is 5.43 Å². The molecule has 3 rings (SSSR count). The molecule has 0 unspecified atom stereocenters. The number of thiazole rings is 1. The summed E-state index contributed by atoms with van der Waals surface area (Å²) >= 11 is 7.47. The molecule has 6 heteroatoms. The van der Waals surface area contributed by atoms with E-state index in [9.17, 15) is 4.39 Å². The molecule has 2 aromatic carbocycles. The van der Waals surface area contributed by atoms with Crippen molar-refractivity contribution >= 4 is 34.3 Å². The number of nitrogens with zero attached hydrogens (tertiary/aromatic N) is 2. The Morgan fingerprint density at radius 3 is 2.68 bits per heavy atom. The fraction of sp³-hybridized carbons (Fsp3) is 0. The van der Waals surface area contributed by atoms with Crippen molar-refractivity contribution in [3.05, 3.63) is 70.3 Å². The molecule has 0 radical (unpaired) electrons. The Balaban J connectivity index is 1.70. The zero-order valence-corrected chi connectivity index (χ0v) is 12.9. The second kappa shape index (κ2) is 6.68. The van der Waals surface area contributed by atoms with Crippen LogP contribution < -0.4 is 5.43 Å². The van der Waals surface area contributed by atoms with Crippen LogP contribution in [0.5, 0.6) is 0 Å². The summed E-state index contributed by atoms with van der Waals surface area (Å²) in [5.74, 6) is -0.262. The molecule has 22 heavy (non-hydrogen) atoms.